The molecule has 1 aromatic heterocycles. The van der Waals surface area contributed by atoms with E-state index in [1.165, 1.54) is 5.56 Å². The number of hydrogen-bond acceptors (Lipinski definition) is 1. The number of aryl methyl sites for hydroxylation is 1. The van der Waals surface area contributed by atoms with Gasteiger partial charge in [0.2, 0.25) is 0 Å². The van der Waals surface area contributed by atoms with Crippen molar-refractivity contribution in [1.82, 2.24) is 9.78 Å². The number of fused-ring (bicyclic) bond motifs is 1. The smallest absolute Gasteiger partial charge is 0.0926 e. The highest BCUT2D eigenvalue weighted by atomic mass is 35.5. The molecule has 0 amide bonds. The van der Waals surface area contributed by atoms with Gasteiger partial charge in [0.25, 0.3) is 0 Å². The Morgan fingerprint density at radius 3 is 2.50 bits per heavy atom. The fourth-order valence-electron chi connectivity index (χ4n) is 2.59. The lowest BCUT2D eigenvalue weighted by Gasteiger charge is -2.06. The van der Waals surface area contributed by atoms with Crippen molar-refractivity contribution in [2.45, 2.75) is 20.4 Å². The van der Waals surface area contributed by atoms with Gasteiger partial charge in [-0.3, -0.25) is 4.68 Å². The van der Waals surface area contributed by atoms with E-state index in [1.54, 1.807) is 6.07 Å². The molecule has 0 saturated heterocycles. The second-order valence-corrected chi connectivity index (χ2v) is 6.21. The summed E-state index contributed by atoms with van der Waals surface area (Å²) in [5, 5.41) is 7.15. The molecule has 0 aliphatic carbocycles. The molecule has 112 valence electrons. The predicted octanol–water partition coefficient (Wildman–Crippen LogP) is 5.73. The van der Waals surface area contributed by atoms with Gasteiger partial charge in [-0.05, 0) is 55.3 Å². The Morgan fingerprint density at radius 2 is 1.82 bits per heavy atom. The number of hydrogen-bond donors (Lipinski definition) is 0. The molecule has 0 unspecified atom stereocenters. The van der Waals surface area contributed by atoms with Crippen LogP contribution in [0.4, 0.5) is 0 Å². The molecule has 1 heterocycles. The maximum absolute atomic E-state index is 6.09. The van der Waals surface area contributed by atoms with E-state index in [9.17, 15) is 0 Å². The van der Waals surface area contributed by atoms with Crippen LogP contribution >= 0.6 is 23.2 Å². The molecule has 2 aromatic carbocycles. The molecule has 0 spiro atoms. The van der Waals surface area contributed by atoms with Crippen LogP contribution in [0.15, 0.2) is 42.5 Å². The Balaban J connectivity index is 2.11. The van der Waals surface area contributed by atoms with Crippen LogP contribution in [0.3, 0.4) is 0 Å². The molecule has 0 aliphatic rings. The monoisotopic (exact) mass is 330 g/mol. The zero-order valence-electron chi connectivity index (χ0n) is 12.5. The topological polar surface area (TPSA) is 17.8 Å². The summed E-state index contributed by atoms with van der Waals surface area (Å²) in [6, 6.07) is 12.0. The number of aromatic nitrogens is 2. The second-order valence-electron chi connectivity index (χ2n) is 5.34. The lowest BCUT2D eigenvalue weighted by atomic mass is 10.1. The molecule has 3 rings (SSSR count). The highest BCUT2D eigenvalue weighted by molar-refractivity contribution is 6.34. The van der Waals surface area contributed by atoms with Crippen LogP contribution in [-0.4, -0.2) is 9.78 Å². The van der Waals surface area contributed by atoms with Crippen molar-refractivity contribution in [1.29, 1.82) is 0 Å². The van der Waals surface area contributed by atoms with Crippen molar-refractivity contribution in [2.24, 2.45) is 0 Å². The van der Waals surface area contributed by atoms with Gasteiger partial charge in [-0.2, -0.15) is 5.10 Å². The minimum atomic E-state index is 0.637. The zero-order valence-corrected chi connectivity index (χ0v) is 14.0. The number of allylic oxidation sites excluding steroid dienone is 1. The molecule has 0 saturated carbocycles. The summed E-state index contributed by atoms with van der Waals surface area (Å²) in [6.07, 6.45) is 4.03. The minimum Gasteiger partial charge on any atom is -0.260 e. The normalized spacial score (nSPS) is 11.6. The van der Waals surface area contributed by atoms with Crippen molar-refractivity contribution in [3.05, 3.63) is 69.3 Å². The first-order valence-corrected chi connectivity index (χ1v) is 7.87. The molecule has 0 radical (unpaired) electrons. The van der Waals surface area contributed by atoms with Gasteiger partial charge in [-0.1, -0.05) is 41.4 Å². The van der Waals surface area contributed by atoms with E-state index >= 15 is 0 Å². The van der Waals surface area contributed by atoms with Gasteiger partial charge in [0.05, 0.1) is 17.8 Å². The standard InChI is InChI=1S/C18H16Cl2N2/c1-3-4-17-16-6-5-12(2)7-18(16)22(21-17)11-13-8-14(19)10-15(20)9-13/h3-10H,11H2,1-2H3/b4-3+. The van der Waals surface area contributed by atoms with Crippen LogP contribution in [0.2, 0.25) is 10.0 Å². The van der Waals surface area contributed by atoms with Gasteiger partial charge >= 0.3 is 0 Å². The van der Waals surface area contributed by atoms with Crippen LogP contribution in [0.1, 0.15) is 23.7 Å². The SMILES string of the molecule is C/C=C/c1nn(Cc2cc(Cl)cc(Cl)c2)c2cc(C)ccc12. The molecule has 3 aromatic rings. The number of rotatable bonds is 3. The largest absolute Gasteiger partial charge is 0.260 e. The van der Waals surface area contributed by atoms with Crippen LogP contribution < -0.4 is 0 Å². The molecule has 0 N–H and O–H groups in total. The third-order valence-electron chi connectivity index (χ3n) is 3.51. The third-order valence-corrected chi connectivity index (χ3v) is 3.95. The van der Waals surface area contributed by atoms with Gasteiger partial charge in [0, 0.05) is 15.4 Å². The van der Waals surface area contributed by atoms with Crippen molar-refractivity contribution in [3.63, 3.8) is 0 Å². The summed E-state index contributed by atoms with van der Waals surface area (Å²) >= 11 is 12.2. The van der Waals surface area contributed by atoms with Crippen molar-refractivity contribution in [2.75, 3.05) is 0 Å². The summed E-state index contributed by atoms with van der Waals surface area (Å²) in [6.45, 7) is 4.72. The first kappa shape index (κ1) is 15.1. The van der Waals surface area contributed by atoms with E-state index in [0.717, 1.165) is 22.2 Å². The number of benzene rings is 2. The number of halogens is 2. The molecule has 0 atom stereocenters. The Bertz CT molecular complexity index is 843. The molecule has 0 bridgehead atoms. The molecular weight excluding hydrogens is 315 g/mol. The Labute approximate surface area is 140 Å². The fourth-order valence-corrected chi connectivity index (χ4v) is 3.16. The average molecular weight is 331 g/mol. The highest BCUT2D eigenvalue weighted by Gasteiger charge is 2.10. The zero-order chi connectivity index (χ0) is 15.7. The predicted molar refractivity (Wildman–Crippen MR) is 94.7 cm³/mol. The Hall–Kier alpha value is -1.77. The van der Waals surface area contributed by atoms with Gasteiger partial charge in [0.15, 0.2) is 0 Å². The summed E-state index contributed by atoms with van der Waals surface area (Å²) < 4.78 is 2.00. The van der Waals surface area contributed by atoms with Gasteiger partial charge < -0.3 is 0 Å². The Kier molecular flexibility index (Phi) is 4.23. The fraction of sp³-hybridized carbons (Fsp3) is 0.167. The summed E-state index contributed by atoms with van der Waals surface area (Å²) in [4.78, 5) is 0. The number of nitrogens with zero attached hydrogens (tertiary/aromatic N) is 2. The maximum atomic E-state index is 6.09. The van der Waals surface area contributed by atoms with Crippen LogP contribution in [0.5, 0.6) is 0 Å². The summed E-state index contributed by atoms with van der Waals surface area (Å²) in [7, 11) is 0. The lowest BCUT2D eigenvalue weighted by molar-refractivity contribution is 0.709. The minimum absolute atomic E-state index is 0.637. The van der Waals surface area contributed by atoms with Crippen molar-refractivity contribution >= 4 is 40.2 Å². The van der Waals surface area contributed by atoms with E-state index in [1.807, 2.05) is 35.9 Å². The van der Waals surface area contributed by atoms with Crippen molar-refractivity contribution < 1.29 is 0 Å². The van der Waals surface area contributed by atoms with E-state index in [-0.39, 0.29) is 0 Å². The third kappa shape index (κ3) is 3.03. The summed E-state index contributed by atoms with van der Waals surface area (Å²) in [5.74, 6) is 0. The van der Waals surface area contributed by atoms with E-state index in [4.69, 9.17) is 28.3 Å². The second kappa shape index (κ2) is 6.15. The van der Waals surface area contributed by atoms with Crippen LogP contribution in [0.25, 0.3) is 17.0 Å². The lowest BCUT2D eigenvalue weighted by Crippen LogP contribution is -2.02. The molecule has 22 heavy (non-hydrogen) atoms. The Morgan fingerprint density at radius 1 is 1.09 bits per heavy atom. The van der Waals surface area contributed by atoms with E-state index in [0.29, 0.717) is 16.6 Å². The molecule has 0 aliphatic heterocycles. The van der Waals surface area contributed by atoms with Gasteiger partial charge in [0.1, 0.15) is 0 Å². The maximum Gasteiger partial charge on any atom is 0.0926 e. The highest BCUT2D eigenvalue weighted by Crippen LogP contribution is 2.24. The first-order valence-electron chi connectivity index (χ1n) is 7.11. The molecule has 2 nitrogen and oxygen atoms in total. The van der Waals surface area contributed by atoms with Gasteiger partial charge in [-0.15, -0.1) is 0 Å². The average Bonchev–Trinajstić information content (AvgIpc) is 2.75. The summed E-state index contributed by atoms with van der Waals surface area (Å²) in [5.41, 5.74) is 4.34. The first-order chi connectivity index (χ1) is 10.6. The van der Waals surface area contributed by atoms with E-state index in [2.05, 4.69) is 25.1 Å². The van der Waals surface area contributed by atoms with Gasteiger partial charge in [-0.25, -0.2) is 0 Å². The molecule has 0 fully saturated rings. The quantitative estimate of drug-likeness (QED) is 0.599. The molecule has 4 heteroatoms. The van der Waals surface area contributed by atoms with Crippen LogP contribution in [0, 0.1) is 6.92 Å². The van der Waals surface area contributed by atoms with Crippen molar-refractivity contribution in [3.8, 4) is 0 Å². The van der Waals surface area contributed by atoms with E-state index < -0.39 is 0 Å². The molecular formula is C18H16Cl2N2. The van der Waals surface area contributed by atoms with Crippen LogP contribution in [-0.2, 0) is 6.54 Å².